The highest BCUT2D eigenvalue weighted by molar-refractivity contribution is 6.31. The van der Waals surface area contributed by atoms with Gasteiger partial charge in [0.05, 0.1) is 0 Å². The number of hydrogen-bond acceptors (Lipinski definition) is 3. The zero-order valence-corrected chi connectivity index (χ0v) is 15.5. The normalized spacial score (nSPS) is 10.9. The predicted molar refractivity (Wildman–Crippen MR) is 103 cm³/mol. The van der Waals surface area contributed by atoms with Gasteiger partial charge in [0, 0.05) is 36.2 Å². The molecule has 6 heteroatoms. The number of nitrogens with zero attached hydrogens (tertiary/aromatic N) is 1. The standard InChI is InChI=1S/C19H22ClN3O2/c1-19(2,18(25)22-15-7-5-6-13(20)12-15)17(24)21-14-8-10-16(11-9-14)23(3)4/h5-12H,1-4H3,(H,21,24)(H,22,25). The summed E-state index contributed by atoms with van der Waals surface area (Å²) >= 11 is 5.91. The Morgan fingerprint density at radius 1 is 0.920 bits per heavy atom. The van der Waals surface area contributed by atoms with Gasteiger partial charge < -0.3 is 15.5 Å². The predicted octanol–water partition coefficient (Wildman–Crippen LogP) is 4.01. The SMILES string of the molecule is CN(C)c1ccc(NC(=O)C(C)(C)C(=O)Nc2cccc(Cl)c2)cc1. The maximum absolute atomic E-state index is 12.5. The highest BCUT2D eigenvalue weighted by Gasteiger charge is 2.36. The van der Waals surface area contributed by atoms with Gasteiger partial charge in [-0.3, -0.25) is 9.59 Å². The lowest BCUT2D eigenvalue weighted by atomic mass is 9.90. The average molecular weight is 360 g/mol. The quantitative estimate of drug-likeness (QED) is 0.793. The van der Waals surface area contributed by atoms with Crippen molar-refractivity contribution in [2.24, 2.45) is 5.41 Å². The number of nitrogens with one attached hydrogen (secondary N) is 2. The Labute approximate surface area is 153 Å². The van der Waals surface area contributed by atoms with Gasteiger partial charge in [0.1, 0.15) is 5.41 Å². The van der Waals surface area contributed by atoms with Gasteiger partial charge in [-0.15, -0.1) is 0 Å². The van der Waals surface area contributed by atoms with Crippen molar-refractivity contribution in [3.63, 3.8) is 0 Å². The fraction of sp³-hybridized carbons (Fsp3) is 0.263. The van der Waals surface area contributed by atoms with Crippen molar-refractivity contribution in [1.82, 2.24) is 0 Å². The number of anilines is 3. The molecule has 0 aromatic heterocycles. The fourth-order valence-electron chi connectivity index (χ4n) is 2.09. The van der Waals surface area contributed by atoms with E-state index in [0.717, 1.165) is 5.69 Å². The molecule has 0 unspecified atom stereocenters. The Hall–Kier alpha value is -2.53. The van der Waals surface area contributed by atoms with Crippen LogP contribution in [0, 0.1) is 5.41 Å². The third-order valence-corrected chi connectivity index (χ3v) is 4.09. The van der Waals surface area contributed by atoms with Gasteiger partial charge in [0.25, 0.3) is 0 Å². The summed E-state index contributed by atoms with van der Waals surface area (Å²) in [5.41, 5.74) is 0.964. The van der Waals surface area contributed by atoms with Crippen LogP contribution in [0.3, 0.4) is 0 Å². The summed E-state index contributed by atoms with van der Waals surface area (Å²) in [6.07, 6.45) is 0. The average Bonchev–Trinajstić information content (AvgIpc) is 2.55. The van der Waals surface area contributed by atoms with Gasteiger partial charge in [-0.2, -0.15) is 0 Å². The van der Waals surface area contributed by atoms with Crippen LogP contribution in [-0.4, -0.2) is 25.9 Å². The second-order valence-electron chi connectivity index (χ2n) is 6.48. The molecule has 0 bridgehead atoms. The minimum absolute atomic E-state index is 0.385. The lowest BCUT2D eigenvalue weighted by molar-refractivity contribution is -0.135. The van der Waals surface area contributed by atoms with Crippen LogP contribution in [0.5, 0.6) is 0 Å². The molecule has 2 rings (SSSR count). The molecule has 25 heavy (non-hydrogen) atoms. The Bertz CT molecular complexity index is 770. The van der Waals surface area contributed by atoms with Crippen LogP contribution in [-0.2, 0) is 9.59 Å². The largest absolute Gasteiger partial charge is 0.378 e. The molecule has 0 saturated heterocycles. The summed E-state index contributed by atoms with van der Waals surface area (Å²) in [6.45, 7) is 3.16. The van der Waals surface area contributed by atoms with E-state index in [9.17, 15) is 9.59 Å². The number of carbonyl (C=O) groups excluding carboxylic acids is 2. The van der Waals surface area contributed by atoms with E-state index in [-0.39, 0.29) is 5.91 Å². The number of amides is 2. The van der Waals surface area contributed by atoms with Crippen molar-refractivity contribution in [3.8, 4) is 0 Å². The fourth-order valence-corrected chi connectivity index (χ4v) is 2.28. The first-order valence-electron chi connectivity index (χ1n) is 7.86. The molecule has 2 aromatic rings. The third kappa shape index (κ3) is 4.73. The molecule has 0 aliphatic carbocycles. The highest BCUT2D eigenvalue weighted by atomic mass is 35.5. The van der Waals surface area contributed by atoms with Crippen LogP contribution in [0.25, 0.3) is 0 Å². The number of halogens is 1. The van der Waals surface area contributed by atoms with Crippen LogP contribution in [0.15, 0.2) is 48.5 Å². The second-order valence-corrected chi connectivity index (χ2v) is 6.92. The van der Waals surface area contributed by atoms with Crippen LogP contribution >= 0.6 is 11.6 Å². The molecule has 0 heterocycles. The third-order valence-electron chi connectivity index (χ3n) is 3.86. The molecule has 0 fully saturated rings. The highest BCUT2D eigenvalue weighted by Crippen LogP contribution is 2.23. The van der Waals surface area contributed by atoms with E-state index < -0.39 is 11.3 Å². The van der Waals surface area contributed by atoms with E-state index in [0.29, 0.717) is 16.4 Å². The summed E-state index contributed by atoms with van der Waals surface area (Å²) in [5.74, 6) is -0.790. The minimum Gasteiger partial charge on any atom is -0.378 e. The summed E-state index contributed by atoms with van der Waals surface area (Å²) < 4.78 is 0. The molecule has 2 amide bonds. The van der Waals surface area contributed by atoms with Crippen molar-refractivity contribution >= 4 is 40.5 Å². The molecule has 0 saturated carbocycles. The van der Waals surface area contributed by atoms with Crippen molar-refractivity contribution in [2.45, 2.75) is 13.8 Å². The smallest absolute Gasteiger partial charge is 0.239 e. The van der Waals surface area contributed by atoms with Gasteiger partial charge >= 0.3 is 0 Å². The number of hydrogen-bond donors (Lipinski definition) is 2. The van der Waals surface area contributed by atoms with Gasteiger partial charge in [0.15, 0.2) is 0 Å². The lowest BCUT2D eigenvalue weighted by Crippen LogP contribution is -2.41. The van der Waals surface area contributed by atoms with Crippen molar-refractivity contribution in [3.05, 3.63) is 53.6 Å². The van der Waals surface area contributed by atoms with Crippen molar-refractivity contribution in [2.75, 3.05) is 29.6 Å². The molecular formula is C19H22ClN3O2. The van der Waals surface area contributed by atoms with Gasteiger partial charge in [-0.1, -0.05) is 17.7 Å². The van der Waals surface area contributed by atoms with Gasteiger partial charge in [-0.05, 0) is 56.3 Å². The van der Waals surface area contributed by atoms with Crippen LogP contribution < -0.4 is 15.5 Å². The zero-order valence-electron chi connectivity index (χ0n) is 14.8. The Morgan fingerprint density at radius 2 is 1.48 bits per heavy atom. The maximum Gasteiger partial charge on any atom is 0.239 e. The molecule has 0 aliphatic rings. The van der Waals surface area contributed by atoms with Crippen LogP contribution in [0.4, 0.5) is 17.1 Å². The molecule has 0 spiro atoms. The number of carbonyl (C=O) groups is 2. The monoisotopic (exact) mass is 359 g/mol. The van der Waals surface area contributed by atoms with Crippen molar-refractivity contribution in [1.29, 1.82) is 0 Å². The maximum atomic E-state index is 12.5. The molecular weight excluding hydrogens is 338 g/mol. The Kier molecular flexibility index (Phi) is 5.69. The molecule has 2 N–H and O–H groups in total. The van der Waals surface area contributed by atoms with E-state index in [2.05, 4.69) is 10.6 Å². The zero-order chi connectivity index (χ0) is 18.6. The topological polar surface area (TPSA) is 61.4 Å². The molecule has 2 aromatic carbocycles. The Morgan fingerprint density at radius 3 is 2.00 bits per heavy atom. The number of rotatable bonds is 5. The molecule has 0 radical (unpaired) electrons. The van der Waals surface area contributed by atoms with Gasteiger partial charge in [-0.25, -0.2) is 0 Å². The Balaban J connectivity index is 2.06. The van der Waals surface area contributed by atoms with E-state index in [1.54, 1.807) is 50.2 Å². The van der Waals surface area contributed by atoms with Crippen molar-refractivity contribution < 1.29 is 9.59 Å². The van der Waals surface area contributed by atoms with E-state index >= 15 is 0 Å². The summed E-state index contributed by atoms with van der Waals surface area (Å²) in [7, 11) is 3.88. The lowest BCUT2D eigenvalue weighted by Gasteiger charge is -2.23. The van der Waals surface area contributed by atoms with E-state index in [1.807, 2.05) is 31.1 Å². The summed E-state index contributed by atoms with van der Waals surface area (Å²) in [5, 5.41) is 6.02. The molecule has 5 nitrogen and oxygen atoms in total. The van der Waals surface area contributed by atoms with Crippen LogP contribution in [0.2, 0.25) is 5.02 Å². The number of benzene rings is 2. The van der Waals surface area contributed by atoms with Gasteiger partial charge in [0.2, 0.25) is 11.8 Å². The van der Waals surface area contributed by atoms with Crippen LogP contribution in [0.1, 0.15) is 13.8 Å². The first-order valence-corrected chi connectivity index (χ1v) is 8.24. The molecule has 0 aliphatic heterocycles. The van der Waals surface area contributed by atoms with E-state index in [1.165, 1.54) is 0 Å². The minimum atomic E-state index is -1.25. The first-order chi connectivity index (χ1) is 11.7. The molecule has 0 atom stereocenters. The van der Waals surface area contributed by atoms with E-state index in [4.69, 9.17) is 11.6 Å². The molecule has 132 valence electrons. The second kappa shape index (κ2) is 7.57. The summed E-state index contributed by atoms with van der Waals surface area (Å²) in [4.78, 5) is 27.0. The summed E-state index contributed by atoms with van der Waals surface area (Å²) in [6, 6.07) is 14.2. The first kappa shape index (κ1) is 18.8.